The molecule has 1 aliphatic heterocycles. The molecule has 1 aromatic rings. The van der Waals surface area contributed by atoms with Gasteiger partial charge in [-0.3, -0.25) is 14.4 Å². The monoisotopic (exact) mass is 599 g/mol. The number of unbranched alkanes of at least 4 members (excludes halogenated alkanes) is 3. The van der Waals surface area contributed by atoms with Crippen molar-refractivity contribution in [2.24, 2.45) is 11.8 Å². The summed E-state index contributed by atoms with van der Waals surface area (Å²) in [4.78, 5) is 67.2. The van der Waals surface area contributed by atoms with Gasteiger partial charge in [0, 0.05) is 37.8 Å². The second-order valence-corrected chi connectivity index (χ2v) is 11.7. The molecule has 1 aliphatic rings. The standard InChI is InChI=1S/C32H49N5O6/c1-7-8-9-10-11-13-22(4)28(31(41)42)34-30(40)25-14-12-19-37(25)26(38)20-33-32(43)35-27(21(2)3)29(39)23-15-17-24(18-16-23)36(5)6/h11,13,15-18,21-22,25,27-28H,7-10,12,14,19-20H2,1-6H3,(H,34,40)(H,41,42)(H2,33,35,43)/b13-11-/t22?,25-,27?,28?/m0/s1. The summed E-state index contributed by atoms with van der Waals surface area (Å²) in [5.74, 6) is -3.01. The second-order valence-electron chi connectivity index (χ2n) is 11.7. The van der Waals surface area contributed by atoms with Gasteiger partial charge in [0.05, 0.1) is 12.6 Å². The van der Waals surface area contributed by atoms with Gasteiger partial charge in [-0.2, -0.15) is 0 Å². The Morgan fingerprint density at radius 3 is 2.28 bits per heavy atom. The van der Waals surface area contributed by atoms with E-state index in [1.165, 1.54) is 4.90 Å². The number of allylic oxidation sites excluding steroid dienone is 1. The van der Waals surface area contributed by atoms with Gasteiger partial charge in [-0.15, -0.1) is 0 Å². The molecule has 11 nitrogen and oxygen atoms in total. The molecular weight excluding hydrogens is 550 g/mol. The average molecular weight is 600 g/mol. The summed E-state index contributed by atoms with van der Waals surface area (Å²) in [6, 6.07) is 3.67. The fraction of sp³-hybridized carbons (Fsp3) is 0.594. The number of Topliss-reactive ketones (excluding diaryl/α,β-unsaturated/α-hetero) is 1. The molecule has 3 unspecified atom stereocenters. The number of amides is 4. The Bertz CT molecular complexity index is 1130. The number of likely N-dealkylation sites (tertiary alicyclic amines) is 1. The van der Waals surface area contributed by atoms with Gasteiger partial charge in [0.2, 0.25) is 11.8 Å². The van der Waals surface area contributed by atoms with E-state index in [4.69, 9.17) is 0 Å². The third-order valence-electron chi connectivity index (χ3n) is 7.68. The molecule has 0 aromatic heterocycles. The van der Waals surface area contributed by atoms with Crippen LogP contribution in [0.2, 0.25) is 0 Å². The fourth-order valence-corrected chi connectivity index (χ4v) is 5.03. The number of carboxylic acid groups (broad SMARTS) is 1. The first-order chi connectivity index (χ1) is 20.4. The van der Waals surface area contributed by atoms with E-state index in [0.717, 1.165) is 31.4 Å². The molecule has 0 spiro atoms. The maximum atomic E-state index is 13.1. The predicted molar refractivity (Wildman–Crippen MR) is 167 cm³/mol. The van der Waals surface area contributed by atoms with Gasteiger partial charge >= 0.3 is 12.0 Å². The number of carbonyl (C=O) groups is 5. The lowest BCUT2D eigenvalue weighted by Crippen LogP contribution is -2.54. The highest BCUT2D eigenvalue weighted by Crippen LogP contribution is 2.19. The van der Waals surface area contributed by atoms with Gasteiger partial charge in [0.25, 0.3) is 0 Å². The van der Waals surface area contributed by atoms with Crippen LogP contribution in [0.5, 0.6) is 0 Å². The molecule has 4 atom stereocenters. The molecule has 4 amide bonds. The summed E-state index contributed by atoms with van der Waals surface area (Å²) in [7, 11) is 3.81. The predicted octanol–water partition coefficient (Wildman–Crippen LogP) is 3.59. The number of anilines is 1. The number of nitrogens with zero attached hydrogens (tertiary/aromatic N) is 2. The highest BCUT2D eigenvalue weighted by Gasteiger charge is 2.37. The number of ketones is 1. The Morgan fingerprint density at radius 2 is 1.70 bits per heavy atom. The van der Waals surface area contributed by atoms with Crippen molar-refractivity contribution >= 4 is 35.3 Å². The van der Waals surface area contributed by atoms with E-state index in [9.17, 15) is 29.1 Å². The van der Waals surface area contributed by atoms with Crippen molar-refractivity contribution in [3.05, 3.63) is 42.0 Å². The van der Waals surface area contributed by atoms with Gasteiger partial charge in [-0.1, -0.05) is 52.7 Å². The topological polar surface area (TPSA) is 148 Å². The fourth-order valence-electron chi connectivity index (χ4n) is 5.03. The van der Waals surface area contributed by atoms with Gasteiger partial charge in [-0.05, 0) is 55.9 Å². The minimum absolute atomic E-state index is 0.204. The third kappa shape index (κ3) is 10.7. The highest BCUT2D eigenvalue weighted by atomic mass is 16.4. The van der Waals surface area contributed by atoms with Crippen LogP contribution in [0, 0.1) is 11.8 Å². The first-order valence-corrected chi connectivity index (χ1v) is 15.2. The number of benzene rings is 1. The Balaban J connectivity index is 1.95. The number of rotatable bonds is 16. The molecule has 1 saturated heterocycles. The molecule has 11 heteroatoms. The van der Waals surface area contributed by atoms with Crippen LogP contribution >= 0.6 is 0 Å². The van der Waals surface area contributed by atoms with Crippen molar-refractivity contribution in [2.75, 3.05) is 32.1 Å². The van der Waals surface area contributed by atoms with E-state index >= 15 is 0 Å². The lowest BCUT2D eigenvalue weighted by atomic mass is 9.95. The Morgan fingerprint density at radius 1 is 1.02 bits per heavy atom. The lowest BCUT2D eigenvalue weighted by Gasteiger charge is -2.27. The summed E-state index contributed by atoms with van der Waals surface area (Å²) in [5, 5.41) is 17.5. The van der Waals surface area contributed by atoms with Crippen molar-refractivity contribution in [3.8, 4) is 0 Å². The zero-order valence-electron chi connectivity index (χ0n) is 26.4. The SMILES string of the molecule is CCCCC/C=C\C(C)C(NC(=O)[C@@H]1CCCN1C(=O)CNC(=O)NC(C(=O)c1ccc(N(C)C)cc1)C(C)C)C(=O)O. The Hall–Kier alpha value is -3.89. The van der Waals surface area contributed by atoms with Gasteiger partial charge in [-0.25, -0.2) is 9.59 Å². The number of urea groups is 1. The van der Waals surface area contributed by atoms with E-state index in [1.54, 1.807) is 19.1 Å². The molecule has 0 bridgehead atoms. The lowest BCUT2D eigenvalue weighted by molar-refractivity contribution is -0.144. The van der Waals surface area contributed by atoms with Crippen LogP contribution in [-0.4, -0.2) is 84.9 Å². The normalized spacial score (nSPS) is 16.9. The van der Waals surface area contributed by atoms with Gasteiger partial charge in [0.1, 0.15) is 12.1 Å². The molecule has 1 fully saturated rings. The second kappa shape index (κ2) is 17.3. The molecule has 2 rings (SSSR count). The minimum Gasteiger partial charge on any atom is -0.480 e. The first kappa shape index (κ1) is 35.3. The number of carbonyl (C=O) groups excluding carboxylic acids is 4. The molecule has 0 aliphatic carbocycles. The number of hydrogen-bond donors (Lipinski definition) is 4. The summed E-state index contributed by atoms with van der Waals surface area (Å²) < 4.78 is 0. The highest BCUT2D eigenvalue weighted by molar-refractivity contribution is 6.02. The van der Waals surface area contributed by atoms with Gasteiger partial charge < -0.3 is 30.9 Å². The van der Waals surface area contributed by atoms with Crippen LogP contribution in [0.4, 0.5) is 10.5 Å². The smallest absolute Gasteiger partial charge is 0.326 e. The summed E-state index contributed by atoms with van der Waals surface area (Å²) in [6.07, 6.45) is 8.80. The van der Waals surface area contributed by atoms with E-state index in [2.05, 4.69) is 22.9 Å². The largest absolute Gasteiger partial charge is 0.480 e. The zero-order chi connectivity index (χ0) is 32.1. The summed E-state index contributed by atoms with van der Waals surface area (Å²) >= 11 is 0. The van der Waals surface area contributed by atoms with Crippen molar-refractivity contribution in [1.29, 1.82) is 0 Å². The maximum absolute atomic E-state index is 13.1. The van der Waals surface area contributed by atoms with Crippen LogP contribution < -0.4 is 20.9 Å². The van der Waals surface area contributed by atoms with E-state index in [0.29, 0.717) is 24.9 Å². The molecule has 43 heavy (non-hydrogen) atoms. The van der Waals surface area contributed by atoms with E-state index < -0.39 is 47.9 Å². The minimum atomic E-state index is -1.14. The summed E-state index contributed by atoms with van der Waals surface area (Å²) in [6.45, 7) is 7.45. The van der Waals surface area contributed by atoms with Crippen LogP contribution in [0.25, 0.3) is 0 Å². The zero-order valence-corrected chi connectivity index (χ0v) is 26.4. The van der Waals surface area contributed by atoms with Crippen LogP contribution in [0.3, 0.4) is 0 Å². The van der Waals surface area contributed by atoms with Crippen molar-refractivity contribution < 1.29 is 29.1 Å². The van der Waals surface area contributed by atoms with Crippen LogP contribution in [0.15, 0.2) is 36.4 Å². The molecule has 1 aromatic carbocycles. The quantitative estimate of drug-likeness (QED) is 0.129. The molecule has 0 saturated carbocycles. The molecule has 238 valence electrons. The van der Waals surface area contributed by atoms with Crippen LogP contribution in [-0.2, 0) is 14.4 Å². The van der Waals surface area contributed by atoms with Gasteiger partial charge in [0.15, 0.2) is 5.78 Å². The third-order valence-corrected chi connectivity index (χ3v) is 7.68. The van der Waals surface area contributed by atoms with Crippen molar-refractivity contribution in [1.82, 2.24) is 20.9 Å². The van der Waals surface area contributed by atoms with Crippen molar-refractivity contribution in [3.63, 3.8) is 0 Å². The van der Waals surface area contributed by atoms with E-state index in [-0.39, 0.29) is 18.2 Å². The summed E-state index contributed by atoms with van der Waals surface area (Å²) in [5.41, 5.74) is 1.41. The van der Waals surface area contributed by atoms with Crippen LogP contribution in [0.1, 0.15) is 76.6 Å². The number of hydrogen-bond acceptors (Lipinski definition) is 6. The average Bonchev–Trinajstić information content (AvgIpc) is 3.47. The Kier molecular flexibility index (Phi) is 14.2. The number of nitrogens with one attached hydrogen (secondary N) is 3. The number of carboxylic acids is 1. The molecule has 1 heterocycles. The number of aliphatic carboxylic acids is 1. The first-order valence-electron chi connectivity index (χ1n) is 15.2. The molecular formula is C32H49N5O6. The Labute approximate surface area is 255 Å². The molecule has 0 radical (unpaired) electrons. The van der Waals surface area contributed by atoms with E-state index in [1.807, 2.05) is 57.1 Å². The maximum Gasteiger partial charge on any atom is 0.326 e. The molecule has 4 N–H and O–H groups in total. The van der Waals surface area contributed by atoms with Crippen molar-refractivity contribution in [2.45, 2.75) is 84.3 Å².